The minimum atomic E-state index is 0.161. The van der Waals surface area contributed by atoms with Crippen molar-refractivity contribution in [3.8, 4) is 0 Å². The second-order valence-corrected chi connectivity index (χ2v) is 1.73. The van der Waals surface area contributed by atoms with Gasteiger partial charge in [-0.05, 0) is 13.3 Å². The van der Waals surface area contributed by atoms with E-state index in [4.69, 9.17) is 5.11 Å². The van der Waals surface area contributed by atoms with Crippen LogP contribution in [-0.4, -0.2) is 11.7 Å². The third-order valence-electron chi connectivity index (χ3n) is 0.882. The van der Waals surface area contributed by atoms with E-state index in [1.54, 1.807) is 6.08 Å². The highest BCUT2D eigenvalue weighted by Gasteiger charge is 1.79. The molecule has 0 amide bonds. The Morgan fingerprint density at radius 2 is 2.38 bits per heavy atom. The van der Waals surface area contributed by atoms with Crippen LogP contribution in [0, 0.1) is 0 Å². The van der Waals surface area contributed by atoms with Crippen LogP contribution in [0.25, 0.3) is 0 Å². The van der Waals surface area contributed by atoms with E-state index >= 15 is 0 Å². The lowest BCUT2D eigenvalue weighted by Gasteiger charge is -1.88. The Hall–Kier alpha value is -0.560. The van der Waals surface area contributed by atoms with Gasteiger partial charge in [-0.15, -0.1) is 6.58 Å². The quantitative estimate of drug-likeness (QED) is 0.548. The van der Waals surface area contributed by atoms with Crippen LogP contribution in [0.15, 0.2) is 24.3 Å². The van der Waals surface area contributed by atoms with Gasteiger partial charge in [0.25, 0.3) is 0 Å². The van der Waals surface area contributed by atoms with Gasteiger partial charge in [0.2, 0.25) is 0 Å². The molecule has 0 rings (SSSR count). The summed E-state index contributed by atoms with van der Waals surface area (Å²) in [6, 6.07) is 0. The lowest BCUT2D eigenvalue weighted by Crippen LogP contribution is -1.81. The van der Waals surface area contributed by atoms with Gasteiger partial charge in [-0.2, -0.15) is 0 Å². The average Bonchev–Trinajstić information content (AvgIpc) is 1.83. The average molecular weight is 112 g/mol. The van der Waals surface area contributed by atoms with E-state index in [0.717, 1.165) is 12.0 Å². The van der Waals surface area contributed by atoms with Gasteiger partial charge in [0.05, 0.1) is 6.61 Å². The molecule has 0 heterocycles. The Labute approximate surface area is 50.3 Å². The first kappa shape index (κ1) is 7.44. The summed E-state index contributed by atoms with van der Waals surface area (Å²) >= 11 is 0. The highest BCUT2D eigenvalue weighted by Crippen LogP contribution is 1.92. The van der Waals surface area contributed by atoms with Gasteiger partial charge in [-0.25, -0.2) is 0 Å². The van der Waals surface area contributed by atoms with Crippen LogP contribution in [0.4, 0.5) is 0 Å². The summed E-state index contributed by atoms with van der Waals surface area (Å²) in [5.74, 6) is 0. The van der Waals surface area contributed by atoms with Crippen molar-refractivity contribution in [2.24, 2.45) is 0 Å². The second-order valence-electron chi connectivity index (χ2n) is 1.73. The molecule has 0 radical (unpaired) electrons. The summed E-state index contributed by atoms with van der Waals surface area (Å²) in [6.07, 6.45) is 4.61. The zero-order valence-electron chi connectivity index (χ0n) is 5.22. The number of aliphatic hydroxyl groups is 1. The molecule has 1 N–H and O–H groups in total. The molecule has 0 aliphatic heterocycles. The molecule has 0 aliphatic carbocycles. The van der Waals surface area contributed by atoms with Gasteiger partial charge in [0.1, 0.15) is 0 Å². The molecule has 0 spiro atoms. The van der Waals surface area contributed by atoms with Crippen molar-refractivity contribution in [2.45, 2.75) is 13.3 Å². The van der Waals surface area contributed by atoms with Crippen LogP contribution in [0.1, 0.15) is 13.3 Å². The third kappa shape index (κ3) is 3.62. The molecule has 0 aliphatic rings. The van der Waals surface area contributed by atoms with E-state index in [9.17, 15) is 0 Å². The molecule has 0 aromatic carbocycles. The van der Waals surface area contributed by atoms with Crippen molar-refractivity contribution in [1.29, 1.82) is 0 Å². The molecule has 1 heteroatoms. The molecular formula is C7H12O. The van der Waals surface area contributed by atoms with Gasteiger partial charge in [-0.1, -0.05) is 17.7 Å². The number of hydrogen-bond acceptors (Lipinski definition) is 1. The molecule has 0 fully saturated rings. The SMILES string of the molecule is C=CC/C=C(\C)CO. The van der Waals surface area contributed by atoms with Crippen LogP contribution in [0.2, 0.25) is 0 Å². The first-order valence-electron chi connectivity index (χ1n) is 2.68. The summed E-state index contributed by atoms with van der Waals surface area (Å²) < 4.78 is 0. The van der Waals surface area contributed by atoms with Crippen LogP contribution >= 0.6 is 0 Å². The summed E-state index contributed by atoms with van der Waals surface area (Å²) in [6.45, 7) is 5.59. The monoisotopic (exact) mass is 112 g/mol. The Kier molecular flexibility index (Phi) is 4.27. The summed E-state index contributed by atoms with van der Waals surface area (Å²) in [5.41, 5.74) is 1.00. The van der Waals surface area contributed by atoms with Gasteiger partial charge in [0, 0.05) is 0 Å². The molecule has 0 bridgehead atoms. The fourth-order valence-corrected chi connectivity index (χ4v) is 0.349. The minimum Gasteiger partial charge on any atom is -0.392 e. The molecule has 0 aromatic heterocycles. The van der Waals surface area contributed by atoms with E-state index < -0.39 is 0 Å². The highest BCUT2D eigenvalue weighted by molar-refractivity contribution is 5.00. The number of aliphatic hydroxyl groups excluding tert-OH is 1. The van der Waals surface area contributed by atoms with E-state index in [0.29, 0.717) is 0 Å². The standard InChI is InChI=1S/C7H12O/c1-3-4-5-7(2)6-8/h3,5,8H,1,4,6H2,2H3/b7-5+. The van der Waals surface area contributed by atoms with Crippen molar-refractivity contribution in [3.63, 3.8) is 0 Å². The van der Waals surface area contributed by atoms with Crippen LogP contribution < -0.4 is 0 Å². The van der Waals surface area contributed by atoms with E-state index in [-0.39, 0.29) is 6.61 Å². The molecule has 46 valence electrons. The molecule has 0 saturated carbocycles. The zero-order valence-corrected chi connectivity index (χ0v) is 5.22. The minimum absolute atomic E-state index is 0.161. The lowest BCUT2D eigenvalue weighted by atomic mass is 10.2. The predicted octanol–water partition coefficient (Wildman–Crippen LogP) is 1.50. The topological polar surface area (TPSA) is 20.2 Å². The predicted molar refractivity (Wildman–Crippen MR) is 35.7 cm³/mol. The Balaban J connectivity index is 3.40. The van der Waals surface area contributed by atoms with Crippen LogP contribution in [-0.2, 0) is 0 Å². The molecule has 0 saturated heterocycles. The fraction of sp³-hybridized carbons (Fsp3) is 0.429. The maximum atomic E-state index is 8.46. The smallest absolute Gasteiger partial charge is 0.0639 e. The van der Waals surface area contributed by atoms with Gasteiger partial charge in [-0.3, -0.25) is 0 Å². The lowest BCUT2D eigenvalue weighted by molar-refractivity contribution is 0.331. The van der Waals surface area contributed by atoms with E-state index in [2.05, 4.69) is 6.58 Å². The first-order valence-corrected chi connectivity index (χ1v) is 2.68. The second kappa shape index (κ2) is 4.60. The van der Waals surface area contributed by atoms with Crippen LogP contribution in [0.3, 0.4) is 0 Å². The normalized spacial score (nSPS) is 11.5. The number of rotatable bonds is 3. The molecular weight excluding hydrogens is 100 g/mol. The van der Waals surface area contributed by atoms with Gasteiger partial charge in [0.15, 0.2) is 0 Å². The van der Waals surface area contributed by atoms with Crippen molar-refractivity contribution in [2.75, 3.05) is 6.61 Å². The van der Waals surface area contributed by atoms with E-state index in [1.807, 2.05) is 13.0 Å². The Bertz CT molecular complexity index is 92.6. The van der Waals surface area contributed by atoms with Crippen molar-refractivity contribution in [3.05, 3.63) is 24.3 Å². The largest absolute Gasteiger partial charge is 0.392 e. The Morgan fingerprint density at radius 1 is 1.75 bits per heavy atom. The van der Waals surface area contributed by atoms with E-state index in [1.165, 1.54) is 0 Å². The maximum absolute atomic E-state index is 8.46. The molecule has 8 heavy (non-hydrogen) atoms. The summed E-state index contributed by atoms with van der Waals surface area (Å²) in [5, 5.41) is 8.46. The first-order chi connectivity index (χ1) is 3.81. The summed E-state index contributed by atoms with van der Waals surface area (Å²) in [4.78, 5) is 0. The van der Waals surface area contributed by atoms with Gasteiger partial charge < -0.3 is 5.11 Å². The van der Waals surface area contributed by atoms with Gasteiger partial charge >= 0.3 is 0 Å². The zero-order chi connectivity index (χ0) is 6.41. The fourth-order valence-electron chi connectivity index (χ4n) is 0.349. The number of allylic oxidation sites excluding steroid dienone is 2. The highest BCUT2D eigenvalue weighted by atomic mass is 16.3. The van der Waals surface area contributed by atoms with Crippen LogP contribution in [0.5, 0.6) is 0 Å². The van der Waals surface area contributed by atoms with Crippen molar-refractivity contribution < 1.29 is 5.11 Å². The maximum Gasteiger partial charge on any atom is 0.0639 e. The summed E-state index contributed by atoms with van der Waals surface area (Å²) in [7, 11) is 0. The van der Waals surface area contributed by atoms with Crippen molar-refractivity contribution >= 4 is 0 Å². The molecule has 0 aromatic rings. The third-order valence-corrected chi connectivity index (χ3v) is 0.882. The Morgan fingerprint density at radius 3 is 2.75 bits per heavy atom. The molecule has 0 unspecified atom stereocenters. The van der Waals surface area contributed by atoms with Crippen molar-refractivity contribution in [1.82, 2.24) is 0 Å². The number of hydrogen-bond donors (Lipinski definition) is 1. The molecule has 0 atom stereocenters. The molecule has 1 nitrogen and oxygen atoms in total.